The summed E-state index contributed by atoms with van der Waals surface area (Å²) in [6.45, 7) is 2.98. The average Bonchev–Trinajstić information content (AvgIpc) is 2.22. The lowest BCUT2D eigenvalue weighted by atomic mass is 9.89. The predicted molar refractivity (Wildman–Crippen MR) is 69.0 cm³/mol. The quantitative estimate of drug-likeness (QED) is 0.742. The lowest BCUT2D eigenvalue weighted by Gasteiger charge is -2.21. The van der Waals surface area contributed by atoms with Crippen LogP contribution in [0.15, 0.2) is 24.3 Å². The minimum Gasteiger partial charge on any atom is -0.384 e. The van der Waals surface area contributed by atoms with Crippen LogP contribution in [0, 0.1) is 5.92 Å². The third kappa shape index (κ3) is 3.78. The number of ether oxygens (including phenoxy) is 1. The lowest BCUT2D eigenvalue weighted by molar-refractivity contribution is 0.150. The molecule has 0 aromatic heterocycles. The first-order valence-electron chi connectivity index (χ1n) is 4.99. The van der Waals surface area contributed by atoms with Gasteiger partial charge in [0.1, 0.15) is 0 Å². The van der Waals surface area contributed by atoms with Gasteiger partial charge in [0.05, 0.1) is 0 Å². The van der Waals surface area contributed by atoms with Crippen LogP contribution >= 0.6 is 27.5 Å². The predicted octanol–water partition coefficient (Wildman–Crippen LogP) is 4.10. The first-order valence-corrected chi connectivity index (χ1v) is 6.49. The largest absolute Gasteiger partial charge is 0.384 e. The molecule has 0 bridgehead atoms. The molecule has 84 valence electrons. The third-order valence-electron chi connectivity index (χ3n) is 2.58. The molecule has 0 aliphatic heterocycles. The van der Waals surface area contributed by atoms with E-state index in [-0.39, 0.29) is 0 Å². The molecule has 2 atom stereocenters. The van der Waals surface area contributed by atoms with Crippen molar-refractivity contribution in [2.75, 3.05) is 19.0 Å². The van der Waals surface area contributed by atoms with Gasteiger partial charge in [-0.05, 0) is 29.5 Å². The van der Waals surface area contributed by atoms with Crippen molar-refractivity contribution in [3.8, 4) is 0 Å². The summed E-state index contributed by atoms with van der Waals surface area (Å²) in [5, 5.41) is 1.73. The summed E-state index contributed by atoms with van der Waals surface area (Å²) in [4.78, 5) is 0. The third-order valence-corrected chi connectivity index (χ3v) is 3.53. The number of alkyl halides is 1. The molecule has 1 rings (SSSR count). The molecule has 0 aliphatic rings. The summed E-state index contributed by atoms with van der Waals surface area (Å²) in [6.07, 6.45) is 0. The summed E-state index contributed by atoms with van der Waals surface area (Å²) >= 11 is 9.42. The normalized spacial score (nSPS) is 14.9. The zero-order valence-corrected chi connectivity index (χ0v) is 11.4. The van der Waals surface area contributed by atoms with E-state index in [1.54, 1.807) is 7.11 Å². The van der Waals surface area contributed by atoms with Crippen LogP contribution in [-0.2, 0) is 4.74 Å². The highest BCUT2D eigenvalue weighted by molar-refractivity contribution is 9.09. The van der Waals surface area contributed by atoms with Crippen molar-refractivity contribution >= 4 is 27.5 Å². The molecule has 0 heterocycles. The van der Waals surface area contributed by atoms with Gasteiger partial charge in [-0.25, -0.2) is 0 Å². The lowest BCUT2D eigenvalue weighted by Crippen LogP contribution is -2.16. The molecule has 0 saturated carbocycles. The number of hydrogen-bond acceptors (Lipinski definition) is 1. The van der Waals surface area contributed by atoms with Gasteiger partial charge in [-0.3, -0.25) is 0 Å². The molecule has 0 saturated heterocycles. The molecule has 1 aromatic rings. The molecular weight excluding hydrogens is 275 g/mol. The van der Waals surface area contributed by atoms with Crippen LogP contribution in [0.2, 0.25) is 5.02 Å². The first-order chi connectivity index (χ1) is 7.19. The Hall–Kier alpha value is -0.0500. The number of hydrogen-bond donors (Lipinski definition) is 0. The van der Waals surface area contributed by atoms with Crippen molar-refractivity contribution in [1.29, 1.82) is 0 Å². The van der Waals surface area contributed by atoms with Crippen molar-refractivity contribution in [1.82, 2.24) is 0 Å². The van der Waals surface area contributed by atoms with Crippen LogP contribution in [0.5, 0.6) is 0 Å². The summed E-state index contributed by atoms with van der Waals surface area (Å²) < 4.78 is 5.18. The highest BCUT2D eigenvalue weighted by atomic mass is 79.9. The second kappa shape index (κ2) is 6.51. The van der Waals surface area contributed by atoms with Crippen LogP contribution in [0.4, 0.5) is 0 Å². The van der Waals surface area contributed by atoms with Gasteiger partial charge in [-0.1, -0.05) is 46.6 Å². The van der Waals surface area contributed by atoms with E-state index in [2.05, 4.69) is 35.0 Å². The molecule has 15 heavy (non-hydrogen) atoms. The zero-order chi connectivity index (χ0) is 11.3. The van der Waals surface area contributed by atoms with E-state index in [0.717, 1.165) is 17.0 Å². The molecule has 3 heteroatoms. The van der Waals surface area contributed by atoms with Gasteiger partial charge in [0.15, 0.2) is 0 Å². The van der Waals surface area contributed by atoms with Crippen LogP contribution in [0.1, 0.15) is 18.4 Å². The van der Waals surface area contributed by atoms with Crippen LogP contribution in [0.25, 0.3) is 0 Å². The Kier molecular flexibility index (Phi) is 5.65. The fourth-order valence-corrected chi connectivity index (χ4v) is 2.80. The summed E-state index contributed by atoms with van der Waals surface area (Å²) in [7, 11) is 1.74. The first kappa shape index (κ1) is 13.0. The Bertz CT molecular complexity index is 286. The van der Waals surface area contributed by atoms with Gasteiger partial charge in [-0.15, -0.1) is 0 Å². The minimum absolute atomic E-state index is 0.474. The van der Waals surface area contributed by atoms with Crippen molar-refractivity contribution < 1.29 is 4.74 Å². The topological polar surface area (TPSA) is 9.23 Å². The van der Waals surface area contributed by atoms with E-state index in [9.17, 15) is 0 Å². The Balaban J connectivity index is 2.77. The van der Waals surface area contributed by atoms with E-state index in [0.29, 0.717) is 11.8 Å². The van der Waals surface area contributed by atoms with Crippen LogP contribution < -0.4 is 0 Å². The molecule has 0 aliphatic carbocycles. The molecule has 2 unspecified atom stereocenters. The molecule has 0 spiro atoms. The Labute approximate surface area is 105 Å². The van der Waals surface area contributed by atoms with E-state index in [4.69, 9.17) is 16.3 Å². The van der Waals surface area contributed by atoms with Gasteiger partial charge in [0, 0.05) is 24.1 Å². The van der Waals surface area contributed by atoms with Gasteiger partial charge in [0.25, 0.3) is 0 Å². The van der Waals surface area contributed by atoms with Crippen molar-refractivity contribution in [2.24, 2.45) is 5.92 Å². The maximum Gasteiger partial charge on any atom is 0.0493 e. The molecular formula is C12H16BrClO. The van der Waals surface area contributed by atoms with Crippen molar-refractivity contribution in [2.45, 2.75) is 12.8 Å². The number of halogens is 2. The maximum absolute atomic E-state index is 5.86. The van der Waals surface area contributed by atoms with Gasteiger partial charge in [-0.2, -0.15) is 0 Å². The van der Waals surface area contributed by atoms with E-state index in [1.165, 1.54) is 5.56 Å². The standard InChI is InChI=1S/C12H16BrClO/c1-9(8-15-2)12(7-13)10-3-5-11(14)6-4-10/h3-6,9,12H,7-8H2,1-2H3. The fraction of sp³-hybridized carbons (Fsp3) is 0.500. The van der Waals surface area contributed by atoms with Crippen LogP contribution in [-0.4, -0.2) is 19.0 Å². The maximum atomic E-state index is 5.86. The molecule has 1 aromatic carbocycles. The van der Waals surface area contributed by atoms with Gasteiger partial charge >= 0.3 is 0 Å². The monoisotopic (exact) mass is 290 g/mol. The number of rotatable bonds is 5. The molecule has 1 nitrogen and oxygen atoms in total. The fourth-order valence-electron chi connectivity index (χ4n) is 1.66. The molecule has 0 radical (unpaired) electrons. The van der Waals surface area contributed by atoms with Crippen molar-refractivity contribution in [3.05, 3.63) is 34.9 Å². The van der Waals surface area contributed by atoms with E-state index >= 15 is 0 Å². The molecule has 0 N–H and O–H groups in total. The number of benzene rings is 1. The van der Waals surface area contributed by atoms with E-state index < -0.39 is 0 Å². The Morgan fingerprint density at radius 1 is 1.33 bits per heavy atom. The number of methoxy groups -OCH3 is 1. The smallest absolute Gasteiger partial charge is 0.0493 e. The molecule has 0 fully saturated rings. The highest BCUT2D eigenvalue weighted by Crippen LogP contribution is 2.27. The Morgan fingerprint density at radius 2 is 1.93 bits per heavy atom. The van der Waals surface area contributed by atoms with Crippen molar-refractivity contribution in [3.63, 3.8) is 0 Å². The van der Waals surface area contributed by atoms with Gasteiger partial charge in [0.2, 0.25) is 0 Å². The highest BCUT2D eigenvalue weighted by Gasteiger charge is 2.17. The molecule has 0 amide bonds. The van der Waals surface area contributed by atoms with E-state index in [1.807, 2.05) is 12.1 Å². The average molecular weight is 292 g/mol. The zero-order valence-electron chi connectivity index (χ0n) is 9.04. The SMILES string of the molecule is COCC(C)C(CBr)c1ccc(Cl)cc1. The van der Waals surface area contributed by atoms with Gasteiger partial charge < -0.3 is 4.74 Å². The summed E-state index contributed by atoms with van der Waals surface area (Å²) in [5.74, 6) is 0.970. The Morgan fingerprint density at radius 3 is 2.40 bits per heavy atom. The second-order valence-corrected chi connectivity index (χ2v) is 4.83. The minimum atomic E-state index is 0.474. The summed E-state index contributed by atoms with van der Waals surface area (Å²) in [5.41, 5.74) is 1.31. The second-order valence-electron chi connectivity index (χ2n) is 3.74. The summed E-state index contributed by atoms with van der Waals surface area (Å²) in [6, 6.07) is 8.04. The van der Waals surface area contributed by atoms with Crippen LogP contribution in [0.3, 0.4) is 0 Å².